The number of rotatable bonds is 1. The summed E-state index contributed by atoms with van der Waals surface area (Å²) < 4.78 is 1.25. The lowest BCUT2D eigenvalue weighted by molar-refractivity contribution is 1.16. The van der Waals surface area contributed by atoms with E-state index in [1.165, 1.54) is 30.4 Å². The summed E-state index contributed by atoms with van der Waals surface area (Å²) >= 11 is 4.19. The minimum atomic E-state index is 1.20. The van der Waals surface area contributed by atoms with Gasteiger partial charge in [-0.05, 0) is 71.1 Å². The van der Waals surface area contributed by atoms with Crippen LogP contribution in [0.5, 0.6) is 0 Å². The number of benzene rings is 3. The maximum Gasteiger partial charge on any atom is 0.0601 e. The lowest BCUT2D eigenvalue weighted by atomic mass is 10.2. The van der Waals surface area contributed by atoms with Crippen LogP contribution in [0.15, 0.2) is 82.6 Å². The fourth-order valence-electron chi connectivity index (χ4n) is 2.57. The predicted octanol–water partition coefficient (Wildman–Crippen LogP) is 6.23. The topological polar surface area (TPSA) is 3.24 Å². The molecule has 0 atom stereocenters. The van der Waals surface area contributed by atoms with Crippen LogP contribution in [-0.2, 0) is 0 Å². The van der Waals surface area contributed by atoms with Crippen LogP contribution < -0.4 is 4.90 Å². The van der Waals surface area contributed by atoms with E-state index in [1.54, 1.807) is 0 Å². The molecule has 102 valence electrons. The Balaban J connectivity index is 1.95. The molecule has 1 heterocycles. The Bertz CT molecular complexity index is 753. The summed E-state index contributed by atoms with van der Waals surface area (Å²) in [5.41, 5.74) is 3.71. The molecule has 0 unspecified atom stereocenters. The first kappa shape index (κ1) is 13.2. The van der Waals surface area contributed by atoms with Gasteiger partial charge in [0.15, 0.2) is 0 Å². The van der Waals surface area contributed by atoms with Crippen LogP contribution in [0.4, 0.5) is 17.1 Å². The largest absolute Gasteiger partial charge is 0.308 e. The molecule has 0 saturated heterocycles. The zero-order valence-corrected chi connectivity index (χ0v) is 14.1. The molecule has 1 aliphatic rings. The van der Waals surface area contributed by atoms with E-state index in [1.807, 2.05) is 11.8 Å². The van der Waals surface area contributed by atoms with Gasteiger partial charge in [0.1, 0.15) is 0 Å². The summed E-state index contributed by atoms with van der Waals surface area (Å²) in [6.45, 7) is 0. The summed E-state index contributed by atoms with van der Waals surface area (Å²) in [4.78, 5) is 4.95. The van der Waals surface area contributed by atoms with Crippen molar-refractivity contribution >= 4 is 51.4 Å². The Morgan fingerprint density at radius 2 is 1.19 bits per heavy atom. The molecule has 21 heavy (non-hydrogen) atoms. The molecule has 0 aliphatic carbocycles. The molecule has 0 N–H and O–H groups in total. The van der Waals surface area contributed by atoms with Gasteiger partial charge in [0.2, 0.25) is 0 Å². The van der Waals surface area contributed by atoms with Gasteiger partial charge in [-0.2, -0.15) is 0 Å². The van der Waals surface area contributed by atoms with Gasteiger partial charge in [-0.25, -0.2) is 0 Å². The maximum absolute atomic E-state index is 2.34. The van der Waals surface area contributed by atoms with E-state index in [2.05, 4.69) is 100 Å². The normalized spacial score (nSPS) is 12.7. The summed E-state index contributed by atoms with van der Waals surface area (Å²) in [6, 6.07) is 25.9. The van der Waals surface area contributed by atoms with Crippen LogP contribution >= 0.6 is 34.4 Å². The number of nitrogens with zero attached hydrogens (tertiary/aromatic N) is 1. The van der Waals surface area contributed by atoms with Gasteiger partial charge < -0.3 is 4.90 Å². The van der Waals surface area contributed by atoms with Gasteiger partial charge in [0, 0.05) is 19.0 Å². The van der Waals surface area contributed by atoms with Crippen molar-refractivity contribution in [1.82, 2.24) is 0 Å². The van der Waals surface area contributed by atoms with E-state index in [-0.39, 0.29) is 0 Å². The minimum absolute atomic E-state index is 1.20. The van der Waals surface area contributed by atoms with Gasteiger partial charge >= 0.3 is 0 Å². The third kappa shape index (κ3) is 2.34. The minimum Gasteiger partial charge on any atom is -0.308 e. The molecule has 0 saturated carbocycles. The van der Waals surface area contributed by atoms with E-state index in [0.29, 0.717) is 0 Å². The van der Waals surface area contributed by atoms with E-state index in [9.17, 15) is 0 Å². The highest BCUT2D eigenvalue weighted by molar-refractivity contribution is 14.1. The second kappa shape index (κ2) is 5.39. The third-order valence-corrected chi connectivity index (χ3v) is 5.37. The summed E-state index contributed by atoms with van der Waals surface area (Å²) in [5, 5.41) is 0. The van der Waals surface area contributed by atoms with E-state index in [4.69, 9.17) is 0 Å². The summed E-state index contributed by atoms with van der Waals surface area (Å²) in [7, 11) is 0. The van der Waals surface area contributed by atoms with Gasteiger partial charge in [0.25, 0.3) is 0 Å². The Morgan fingerprint density at radius 1 is 0.667 bits per heavy atom. The average molecular weight is 401 g/mol. The van der Waals surface area contributed by atoms with Crippen molar-refractivity contribution in [2.75, 3.05) is 4.90 Å². The molecular weight excluding hydrogens is 389 g/mol. The van der Waals surface area contributed by atoms with Crippen molar-refractivity contribution in [3.63, 3.8) is 0 Å². The molecule has 0 radical (unpaired) electrons. The van der Waals surface area contributed by atoms with Crippen molar-refractivity contribution in [2.24, 2.45) is 0 Å². The van der Waals surface area contributed by atoms with Crippen molar-refractivity contribution in [1.29, 1.82) is 0 Å². The Morgan fingerprint density at radius 3 is 1.76 bits per heavy atom. The highest BCUT2D eigenvalue weighted by Crippen LogP contribution is 2.50. The fourth-order valence-corrected chi connectivity index (χ4v) is 3.99. The molecule has 0 amide bonds. The lowest BCUT2D eigenvalue weighted by Crippen LogP contribution is -2.14. The number of hydrogen-bond donors (Lipinski definition) is 0. The fraction of sp³-hybridized carbons (Fsp3) is 0. The highest BCUT2D eigenvalue weighted by Gasteiger charge is 2.23. The first-order chi connectivity index (χ1) is 10.3. The zero-order valence-electron chi connectivity index (χ0n) is 11.2. The van der Waals surface area contributed by atoms with Crippen molar-refractivity contribution in [3.8, 4) is 0 Å². The van der Waals surface area contributed by atoms with Crippen LogP contribution in [0.25, 0.3) is 0 Å². The molecule has 0 aromatic heterocycles. The molecule has 3 aromatic carbocycles. The lowest BCUT2D eigenvalue weighted by Gasteiger charge is -2.32. The molecule has 3 aromatic rings. The second-order valence-corrected chi connectivity index (χ2v) is 7.18. The second-order valence-electron chi connectivity index (χ2n) is 4.85. The van der Waals surface area contributed by atoms with Gasteiger partial charge in [-0.15, -0.1) is 0 Å². The smallest absolute Gasteiger partial charge is 0.0601 e. The van der Waals surface area contributed by atoms with Crippen molar-refractivity contribution < 1.29 is 0 Å². The molecule has 0 fully saturated rings. The molecule has 0 spiro atoms. The van der Waals surface area contributed by atoms with Crippen molar-refractivity contribution in [2.45, 2.75) is 9.79 Å². The summed E-state index contributed by atoms with van der Waals surface area (Å²) in [6.07, 6.45) is 0. The highest BCUT2D eigenvalue weighted by atomic mass is 127. The van der Waals surface area contributed by atoms with Crippen molar-refractivity contribution in [3.05, 3.63) is 76.4 Å². The third-order valence-electron chi connectivity index (χ3n) is 3.52. The number of anilines is 3. The van der Waals surface area contributed by atoms with Crippen LogP contribution in [0.2, 0.25) is 0 Å². The van der Waals surface area contributed by atoms with E-state index >= 15 is 0 Å². The van der Waals surface area contributed by atoms with E-state index < -0.39 is 0 Å². The first-order valence-corrected chi connectivity index (χ1v) is 8.64. The number of hydrogen-bond acceptors (Lipinski definition) is 2. The molecule has 3 heteroatoms. The monoisotopic (exact) mass is 401 g/mol. The van der Waals surface area contributed by atoms with Gasteiger partial charge in [-0.1, -0.05) is 36.0 Å². The maximum atomic E-state index is 2.34. The molecule has 0 bridgehead atoms. The van der Waals surface area contributed by atoms with Crippen LogP contribution in [0.3, 0.4) is 0 Å². The molecule has 4 rings (SSSR count). The first-order valence-electron chi connectivity index (χ1n) is 6.74. The van der Waals surface area contributed by atoms with Crippen LogP contribution in [-0.4, -0.2) is 0 Å². The van der Waals surface area contributed by atoms with E-state index in [0.717, 1.165) is 0 Å². The Kier molecular flexibility index (Phi) is 3.39. The number of halogens is 1. The number of fused-ring (bicyclic) bond motifs is 2. The molecular formula is C18H12INS. The van der Waals surface area contributed by atoms with Crippen LogP contribution in [0, 0.1) is 3.57 Å². The average Bonchev–Trinajstić information content (AvgIpc) is 2.53. The Labute approximate surface area is 142 Å². The zero-order chi connectivity index (χ0) is 14.2. The molecule has 1 aliphatic heterocycles. The summed E-state index contributed by atoms with van der Waals surface area (Å²) in [5.74, 6) is 0. The standard InChI is InChI=1S/C18H12INS/c19-13-9-11-14(12-10-13)20-15-5-1-3-7-17(15)21-18-8-4-2-6-16(18)20/h1-12H. The van der Waals surface area contributed by atoms with Crippen LogP contribution in [0.1, 0.15) is 0 Å². The SMILES string of the molecule is Ic1ccc(N2c3ccccc3Sc3ccccc32)cc1. The van der Waals surface area contributed by atoms with Gasteiger partial charge in [-0.3, -0.25) is 0 Å². The number of para-hydroxylation sites is 2. The quantitative estimate of drug-likeness (QED) is 0.348. The predicted molar refractivity (Wildman–Crippen MR) is 98.0 cm³/mol. The van der Waals surface area contributed by atoms with Gasteiger partial charge in [0.05, 0.1) is 11.4 Å². The Hall–Kier alpha value is -1.46. The molecule has 1 nitrogen and oxygen atoms in total.